The molecule has 0 saturated carbocycles. The topological polar surface area (TPSA) is 37.8 Å². The molecule has 0 spiro atoms. The Kier molecular flexibility index (Phi) is 2.51. The number of nitrogens with zero attached hydrogens (tertiary/aromatic N) is 2. The van der Waals surface area contributed by atoms with Crippen molar-refractivity contribution in [2.24, 2.45) is 0 Å². The Morgan fingerprint density at radius 3 is 2.73 bits per heavy atom. The number of terminal acetylenes is 1. The second-order valence-electron chi connectivity index (χ2n) is 3.24. The van der Waals surface area contributed by atoms with Crippen LogP contribution in [0.4, 0.5) is 5.82 Å². The number of nitrogens with one attached hydrogen (secondary N) is 1. The Morgan fingerprint density at radius 1 is 1.27 bits per heavy atom. The number of aromatic nitrogens is 2. The van der Waals surface area contributed by atoms with Crippen molar-refractivity contribution in [3.05, 3.63) is 30.0 Å². The van der Waals surface area contributed by atoms with Crippen LogP contribution in [-0.2, 0) is 0 Å². The molecule has 0 amide bonds. The Balaban J connectivity index is 2.57. The van der Waals surface area contributed by atoms with Crippen molar-refractivity contribution in [1.29, 1.82) is 0 Å². The minimum Gasteiger partial charge on any atom is -0.357 e. The summed E-state index contributed by atoms with van der Waals surface area (Å²) in [6, 6.07) is 8.00. The normalized spacial score (nSPS) is 9.87. The average molecular weight is 197 g/mol. The van der Waals surface area contributed by atoms with Crippen molar-refractivity contribution in [3.8, 4) is 12.3 Å². The lowest BCUT2D eigenvalue weighted by Crippen LogP contribution is -2.03. The third kappa shape index (κ3) is 1.75. The van der Waals surface area contributed by atoms with Crippen LogP contribution in [0, 0.1) is 19.3 Å². The fourth-order valence-electron chi connectivity index (χ4n) is 1.50. The van der Waals surface area contributed by atoms with E-state index in [0.29, 0.717) is 6.54 Å². The quantitative estimate of drug-likeness (QED) is 0.748. The Bertz CT molecular complexity index is 526. The van der Waals surface area contributed by atoms with E-state index in [4.69, 9.17) is 6.42 Å². The molecule has 0 aliphatic heterocycles. The molecular weight excluding hydrogens is 186 g/mol. The number of aryl methyl sites for hydroxylation is 1. The molecule has 3 nitrogen and oxygen atoms in total. The first kappa shape index (κ1) is 9.47. The number of rotatable bonds is 2. The van der Waals surface area contributed by atoms with Gasteiger partial charge in [-0.2, -0.15) is 5.10 Å². The lowest BCUT2D eigenvalue weighted by Gasteiger charge is -2.06. The van der Waals surface area contributed by atoms with Crippen LogP contribution < -0.4 is 5.32 Å². The van der Waals surface area contributed by atoms with E-state index in [1.165, 1.54) is 0 Å². The smallest absolute Gasteiger partial charge is 0.157 e. The van der Waals surface area contributed by atoms with Crippen molar-refractivity contribution in [2.75, 3.05) is 11.9 Å². The van der Waals surface area contributed by atoms with E-state index in [0.717, 1.165) is 22.3 Å². The third-order valence-corrected chi connectivity index (χ3v) is 2.23. The van der Waals surface area contributed by atoms with Crippen molar-refractivity contribution < 1.29 is 0 Å². The van der Waals surface area contributed by atoms with Gasteiger partial charge in [0.25, 0.3) is 0 Å². The minimum absolute atomic E-state index is 0.460. The summed E-state index contributed by atoms with van der Waals surface area (Å²) in [5.74, 6) is 3.26. The highest BCUT2D eigenvalue weighted by Gasteiger charge is 2.04. The third-order valence-electron chi connectivity index (χ3n) is 2.23. The molecule has 0 atom stereocenters. The molecule has 0 aliphatic rings. The van der Waals surface area contributed by atoms with Crippen LogP contribution in [-0.4, -0.2) is 16.7 Å². The molecule has 0 unspecified atom stereocenters. The van der Waals surface area contributed by atoms with Crippen molar-refractivity contribution in [1.82, 2.24) is 10.2 Å². The molecule has 3 heteroatoms. The van der Waals surface area contributed by atoms with Crippen LogP contribution in [0.5, 0.6) is 0 Å². The van der Waals surface area contributed by atoms with Gasteiger partial charge in [0.1, 0.15) is 0 Å². The summed E-state index contributed by atoms with van der Waals surface area (Å²) in [7, 11) is 0. The highest BCUT2D eigenvalue weighted by Crippen LogP contribution is 2.21. The maximum atomic E-state index is 5.19. The van der Waals surface area contributed by atoms with E-state index in [-0.39, 0.29) is 0 Å². The molecule has 1 N–H and O–H groups in total. The molecule has 0 radical (unpaired) electrons. The summed E-state index contributed by atoms with van der Waals surface area (Å²) >= 11 is 0. The fraction of sp³-hybridized carbons (Fsp3) is 0.167. The van der Waals surface area contributed by atoms with Crippen molar-refractivity contribution in [2.45, 2.75) is 6.92 Å². The Morgan fingerprint density at radius 2 is 2.00 bits per heavy atom. The second kappa shape index (κ2) is 3.97. The summed E-state index contributed by atoms with van der Waals surface area (Å²) < 4.78 is 0. The lowest BCUT2D eigenvalue weighted by molar-refractivity contribution is 0.999. The van der Waals surface area contributed by atoms with Gasteiger partial charge in [-0.1, -0.05) is 30.2 Å². The molecule has 0 bridgehead atoms. The maximum Gasteiger partial charge on any atom is 0.157 e. The monoisotopic (exact) mass is 197 g/mol. The molecule has 15 heavy (non-hydrogen) atoms. The molecule has 2 aromatic rings. The Labute approximate surface area is 88.5 Å². The van der Waals surface area contributed by atoms with Crippen molar-refractivity contribution >= 4 is 16.6 Å². The number of anilines is 1. The van der Waals surface area contributed by atoms with E-state index < -0.39 is 0 Å². The van der Waals surface area contributed by atoms with Gasteiger partial charge >= 0.3 is 0 Å². The van der Waals surface area contributed by atoms with Gasteiger partial charge in [0, 0.05) is 10.8 Å². The standard InChI is InChI=1S/C12H11N3/c1-3-8-13-12-11-7-5-4-6-10(11)9(2)14-15-12/h1,4-7H,8H2,2H3,(H,13,15). The van der Waals surface area contributed by atoms with E-state index in [2.05, 4.69) is 21.4 Å². The van der Waals surface area contributed by atoms with Crippen LogP contribution in [0.1, 0.15) is 5.69 Å². The summed E-state index contributed by atoms with van der Waals surface area (Å²) in [6.07, 6.45) is 5.19. The van der Waals surface area contributed by atoms with Crippen LogP contribution in [0.2, 0.25) is 0 Å². The largest absolute Gasteiger partial charge is 0.357 e. The van der Waals surface area contributed by atoms with Crippen LogP contribution in [0.3, 0.4) is 0 Å². The lowest BCUT2D eigenvalue weighted by atomic mass is 10.1. The summed E-state index contributed by atoms with van der Waals surface area (Å²) in [4.78, 5) is 0. The first-order chi connectivity index (χ1) is 7.33. The van der Waals surface area contributed by atoms with Gasteiger partial charge in [0.05, 0.1) is 12.2 Å². The minimum atomic E-state index is 0.460. The molecule has 1 heterocycles. The number of hydrogen-bond acceptors (Lipinski definition) is 3. The molecule has 74 valence electrons. The van der Waals surface area contributed by atoms with E-state index in [1.54, 1.807) is 0 Å². The van der Waals surface area contributed by atoms with Crippen LogP contribution in [0.15, 0.2) is 24.3 Å². The molecule has 0 aliphatic carbocycles. The summed E-state index contributed by atoms with van der Waals surface area (Å²) in [5, 5.41) is 13.4. The van der Waals surface area contributed by atoms with Gasteiger partial charge in [-0.15, -0.1) is 11.5 Å². The highest BCUT2D eigenvalue weighted by molar-refractivity contribution is 5.92. The van der Waals surface area contributed by atoms with Gasteiger partial charge in [0.2, 0.25) is 0 Å². The number of hydrogen-bond donors (Lipinski definition) is 1. The van der Waals surface area contributed by atoms with Crippen molar-refractivity contribution in [3.63, 3.8) is 0 Å². The van der Waals surface area contributed by atoms with E-state index >= 15 is 0 Å². The summed E-state index contributed by atoms with van der Waals surface area (Å²) in [5.41, 5.74) is 0.928. The molecule has 1 aromatic carbocycles. The highest BCUT2D eigenvalue weighted by atomic mass is 15.2. The molecule has 0 fully saturated rings. The molecule has 0 saturated heterocycles. The zero-order valence-corrected chi connectivity index (χ0v) is 8.49. The van der Waals surface area contributed by atoms with Gasteiger partial charge in [-0.25, -0.2) is 0 Å². The van der Waals surface area contributed by atoms with Gasteiger partial charge in [0.15, 0.2) is 5.82 Å². The predicted molar refractivity (Wildman–Crippen MR) is 61.6 cm³/mol. The average Bonchev–Trinajstić information content (AvgIpc) is 2.29. The zero-order chi connectivity index (χ0) is 10.7. The first-order valence-corrected chi connectivity index (χ1v) is 4.72. The second-order valence-corrected chi connectivity index (χ2v) is 3.24. The van der Waals surface area contributed by atoms with Gasteiger partial charge in [-0.3, -0.25) is 0 Å². The molecule has 2 rings (SSSR count). The zero-order valence-electron chi connectivity index (χ0n) is 8.49. The van der Waals surface area contributed by atoms with Gasteiger partial charge in [-0.05, 0) is 6.92 Å². The van der Waals surface area contributed by atoms with Crippen LogP contribution >= 0.6 is 0 Å². The van der Waals surface area contributed by atoms with Crippen LogP contribution in [0.25, 0.3) is 10.8 Å². The van der Waals surface area contributed by atoms with Gasteiger partial charge < -0.3 is 5.32 Å². The number of benzene rings is 1. The number of fused-ring (bicyclic) bond motifs is 1. The molecular formula is C12H11N3. The Hall–Kier alpha value is -2.08. The maximum absolute atomic E-state index is 5.19. The van der Waals surface area contributed by atoms with E-state index in [1.807, 2.05) is 31.2 Å². The predicted octanol–water partition coefficient (Wildman–Crippen LogP) is 1.98. The fourth-order valence-corrected chi connectivity index (χ4v) is 1.50. The first-order valence-electron chi connectivity index (χ1n) is 4.72. The summed E-state index contributed by atoms with van der Waals surface area (Å²) in [6.45, 7) is 2.40. The van der Waals surface area contributed by atoms with E-state index in [9.17, 15) is 0 Å². The molecule has 1 aromatic heterocycles. The SMILES string of the molecule is C#CCNc1nnc(C)c2ccccc12.